The Hall–Kier alpha value is -4.16. The Kier molecular flexibility index (Phi) is 3.38. The lowest BCUT2D eigenvalue weighted by Gasteiger charge is -2.11. The molecule has 5 nitrogen and oxygen atoms in total. The van der Waals surface area contributed by atoms with E-state index in [1.54, 1.807) is 30.3 Å². The van der Waals surface area contributed by atoms with Crippen molar-refractivity contribution in [3.8, 4) is 0 Å². The highest BCUT2D eigenvalue weighted by Crippen LogP contribution is 2.38. The summed E-state index contributed by atoms with van der Waals surface area (Å²) in [4.78, 5) is 30.7. The van der Waals surface area contributed by atoms with Crippen LogP contribution in [0.1, 0.15) is 0 Å². The molecule has 0 saturated carbocycles. The third-order valence-electron chi connectivity index (χ3n) is 5.87. The molecule has 2 heterocycles. The topological polar surface area (TPSA) is 76.2 Å². The van der Waals surface area contributed by atoms with E-state index in [4.69, 9.17) is 8.83 Å². The summed E-state index contributed by atoms with van der Waals surface area (Å²) in [5.41, 5.74) is 2.82. The molecule has 7 rings (SSSR count). The molecule has 0 aliphatic rings. The van der Waals surface area contributed by atoms with Crippen LogP contribution < -0.4 is 10.9 Å². The molecule has 32 heavy (non-hydrogen) atoms. The molecule has 6 heteroatoms. The lowest BCUT2D eigenvalue weighted by molar-refractivity contribution is 0.587. The molecule has 0 fully saturated rings. The van der Waals surface area contributed by atoms with E-state index >= 15 is 0 Å². The molecule has 0 aliphatic heterocycles. The minimum atomic E-state index is -0.247. The number of nitrogens with one attached hydrogen (secondary N) is 1. The average Bonchev–Trinajstić information content (AvgIpc) is 2.84. The highest BCUT2D eigenvalue weighted by atomic mass is 32.1. The van der Waals surface area contributed by atoms with Crippen molar-refractivity contribution >= 4 is 75.6 Å². The molecule has 7 aromatic rings. The van der Waals surface area contributed by atoms with E-state index in [2.05, 4.69) is 4.98 Å². The number of hydrogen-bond acceptors (Lipinski definition) is 5. The minimum Gasteiger partial charge on any atom is -0.449 e. The van der Waals surface area contributed by atoms with Crippen molar-refractivity contribution in [2.24, 2.45) is 0 Å². The van der Waals surface area contributed by atoms with Gasteiger partial charge in [0.15, 0.2) is 33.2 Å². The number of H-pyrrole nitrogens is 1. The molecular formula is C26H13NO4S. The molecular weight excluding hydrogens is 422 g/mol. The van der Waals surface area contributed by atoms with Gasteiger partial charge >= 0.3 is 0 Å². The van der Waals surface area contributed by atoms with Crippen LogP contribution in [0.3, 0.4) is 0 Å². The van der Waals surface area contributed by atoms with Crippen molar-refractivity contribution in [2.75, 3.05) is 0 Å². The van der Waals surface area contributed by atoms with Crippen LogP contribution in [0.5, 0.6) is 0 Å². The van der Waals surface area contributed by atoms with Gasteiger partial charge in [0.05, 0.1) is 31.2 Å². The van der Waals surface area contributed by atoms with Crippen LogP contribution >= 0.6 is 11.3 Å². The van der Waals surface area contributed by atoms with E-state index in [1.807, 2.05) is 42.5 Å². The lowest BCUT2D eigenvalue weighted by atomic mass is 10.0. The maximum absolute atomic E-state index is 13.7. The SMILES string of the molecule is O=c1c2ccccc2c(=O)c2c3oc4ccccc4oc3c3sc4ccccc4[nH]c3c12. The van der Waals surface area contributed by atoms with Crippen LogP contribution in [-0.2, 0) is 0 Å². The van der Waals surface area contributed by atoms with Gasteiger partial charge in [0.2, 0.25) is 0 Å². The molecule has 152 valence electrons. The van der Waals surface area contributed by atoms with Gasteiger partial charge in [-0.05, 0) is 24.3 Å². The van der Waals surface area contributed by atoms with E-state index in [-0.39, 0.29) is 16.2 Å². The number of aromatic amines is 1. The summed E-state index contributed by atoms with van der Waals surface area (Å²) in [6.45, 7) is 0. The zero-order chi connectivity index (χ0) is 21.4. The van der Waals surface area contributed by atoms with Gasteiger partial charge in [0.25, 0.3) is 0 Å². The summed E-state index contributed by atoms with van der Waals surface area (Å²) in [5.74, 6) is 0. The molecule has 0 spiro atoms. The average molecular weight is 435 g/mol. The second kappa shape index (κ2) is 6.18. The number of rotatable bonds is 0. The third-order valence-corrected chi connectivity index (χ3v) is 7.04. The van der Waals surface area contributed by atoms with Gasteiger partial charge < -0.3 is 13.8 Å². The van der Waals surface area contributed by atoms with E-state index < -0.39 is 0 Å². The summed E-state index contributed by atoms with van der Waals surface area (Å²) in [6.07, 6.45) is 0. The summed E-state index contributed by atoms with van der Waals surface area (Å²) < 4.78 is 14.2. The van der Waals surface area contributed by atoms with Crippen molar-refractivity contribution in [1.29, 1.82) is 0 Å². The Balaban J connectivity index is 1.91. The fraction of sp³-hybridized carbons (Fsp3) is 0. The first-order chi connectivity index (χ1) is 15.7. The van der Waals surface area contributed by atoms with Gasteiger partial charge in [-0.15, -0.1) is 11.3 Å². The van der Waals surface area contributed by atoms with Crippen molar-refractivity contribution in [1.82, 2.24) is 4.98 Å². The number of fused-ring (bicyclic) bond motifs is 9. The van der Waals surface area contributed by atoms with Gasteiger partial charge in [-0.3, -0.25) is 9.59 Å². The normalized spacial score (nSPS) is 12.0. The lowest BCUT2D eigenvalue weighted by Crippen LogP contribution is -2.14. The Labute approximate surface area is 182 Å². The first kappa shape index (κ1) is 17.5. The quantitative estimate of drug-likeness (QED) is 0.219. The highest BCUT2D eigenvalue weighted by molar-refractivity contribution is 7.25. The molecule has 0 amide bonds. The van der Waals surface area contributed by atoms with Crippen LogP contribution in [0.15, 0.2) is 91.2 Å². The number of aromatic nitrogens is 1. The van der Waals surface area contributed by atoms with Crippen LogP contribution in [-0.4, -0.2) is 4.98 Å². The van der Waals surface area contributed by atoms with Gasteiger partial charge in [-0.25, -0.2) is 0 Å². The monoisotopic (exact) mass is 435 g/mol. The zero-order valence-corrected chi connectivity index (χ0v) is 17.3. The Morgan fingerprint density at radius 3 is 2.00 bits per heavy atom. The molecule has 0 atom stereocenters. The molecule has 2 aromatic heterocycles. The first-order valence-corrected chi connectivity index (χ1v) is 10.9. The zero-order valence-electron chi connectivity index (χ0n) is 16.5. The minimum absolute atomic E-state index is 0.204. The van der Waals surface area contributed by atoms with Gasteiger partial charge in [0, 0.05) is 10.8 Å². The van der Waals surface area contributed by atoms with E-state index in [1.165, 1.54) is 11.3 Å². The second-order valence-electron chi connectivity index (χ2n) is 7.69. The highest BCUT2D eigenvalue weighted by Gasteiger charge is 2.22. The smallest absolute Gasteiger partial charge is 0.198 e. The fourth-order valence-corrected chi connectivity index (χ4v) is 5.50. The molecule has 0 aliphatic carbocycles. The molecule has 0 bridgehead atoms. The van der Waals surface area contributed by atoms with Crippen molar-refractivity contribution in [2.45, 2.75) is 0 Å². The van der Waals surface area contributed by atoms with E-state index in [9.17, 15) is 9.59 Å². The van der Waals surface area contributed by atoms with Crippen molar-refractivity contribution < 1.29 is 8.83 Å². The molecule has 0 radical (unpaired) electrons. The maximum atomic E-state index is 13.7. The van der Waals surface area contributed by atoms with Crippen molar-refractivity contribution in [3.63, 3.8) is 0 Å². The second-order valence-corrected chi connectivity index (χ2v) is 8.74. The van der Waals surface area contributed by atoms with Crippen LogP contribution in [0.2, 0.25) is 0 Å². The fourth-order valence-electron chi connectivity index (χ4n) is 4.42. The third kappa shape index (κ3) is 2.22. The predicted octanol–water partition coefficient (Wildman–Crippen LogP) is 6.46. The predicted molar refractivity (Wildman–Crippen MR) is 130 cm³/mol. The van der Waals surface area contributed by atoms with Gasteiger partial charge in [-0.1, -0.05) is 48.5 Å². The Bertz CT molecular complexity index is 1890. The standard InChI is InChI=1S/C26H13NO4S/c28-22-13-7-1-2-8-14(13)23(29)20-19(22)21-26(32-18-12-6-3-9-15(18)27-21)25-24(20)30-16-10-4-5-11-17(16)31-25/h1-12,27H. The van der Waals surface area contributed by atoms with Crippen LogP contribution in [0.25, 0.3) is 64.3 Å². The maximum Gasteiger partial charge on any atom is 0.198 e. The van der Waals surface area contributed by atoms with Crippen LogP contribution in [0, 0.1) is 0 Å². The largest absolute Gasteiger partial charge is 0.449 e. The summed E-state index contributed by atoms with van der Waals surface area (Å²) in [5, 5.41) is 1.34. The number of benzene rings is 5. The van der Waals surface area contributed by atoms with Crippen molar-refractivity contribution in [3.05, 3.63) is 93.2 Å². The molecule has 5 aromatic carbocycles. The summed E-state index contributed by atoms with van der Waals surface area (Å²) >= 11 is 1.50. The first-order valence-electron chi connectivity index (χ1n) is 10.1. The molecule has 0 unspecified atom stereocenters. The summed E-state index contributed by atoms with van der Waals surface area (Å²) in [6, 6.07) is 22.1. The van der Waals surface area contributed by atoms with Gasteiger partial charge in [0.1, 0.15) is 0 Å². The Morgan fingerprint density at radius 1 is 0.656 bits per heavy atom. The number of hydrogen-bond donors (Lipinski definition) is 1. The van der Waals surface area contributed by atoms with E-state index in [0.717, 1.165) is 14.9 Å². The molecule has 0 saturated heterocycles. The summed E-state index contributed by atoms with van der Waals surface area (Å²) in [7, 11) is 0. The van der Waals surface area contributed by atoms with Crippen LogP contribution in [0.4, 0.5) is 0 Å². The number of para-hydroxylation sites is 3. The molecule has 1 N–H and O–H groups in total. The van der Waals surface area contributed by atoms with E-state index in [0.29, 0.717) is 44.0 Å². The Morgan fingerprint density at radius 2 is 1.25 bits per heavy atom. The van der Waals surface area contributed by atoms with Gasteiger partial charge in [-0.2, -0.15) is 0 Å².